The van der Waals surface area contributed by atoms with Gasteiger partial charge in [0.15, 0.2) is 5.96 Å². The average Bonchev–Trinajstić information content (AvgIpc) is 3.42. The summed E-state index contributed by atoms with van der Waals surface area (Å²) in [5.74, 6) is 0.944. The van der Waals surface area contributed by atoms with Crippen molar-refractivity contribution in [2.24, 2.45) is 10.4 Å². The van der Waals surface area contributed by atoms with Gasteiger partial charge in [-0.25, -0.2) is 0 Å². The van der Waals surface area contributed by atoms with E-state index < -0.39 is 0 Å². The third-order valence-corrected chi connectivity index (χ3v) is 5.62. The number of nitrogens with one attached hydrogen (secondary N) is 2. The second kappa shape index (κ2) is 10.6. The Labute approximate surface area is 160 Å². The molecule has 0 heterocycles. The van der Waals surface area contributed by atoms with E-state index in [1.165, 1.54) is 37.8 Å². The van der Waals surface area contributed by atoms with Gasteiger partial charge in [-0.05, 0) is 69.6 Å². The third-order valence-electron chi connectivity index (χ3n) is 5.62. The van der Waals surface area contributed by atoms with Crippen LogP contribution in [0.15, 0.2) is 35.3 Å². The van der Waals surface area contributed by atoms with Crippen molar-refractivity contribution in [3.05, 3.63) is 35.9 Å². The molecule has 1 atom stereocenters. The minimum absolute atomic E-state index is 0.422. The van der Waals surface area contributed by atoms with Gasteiger partial charge in [-0.1, -0.05) is 44.2 Å². The Morgan fingerprint density at radius 3 is 2.46 bits per heavy atom. The minimum Gasteiger partial charge on any atom is -0.356 e. The molecule has 146 valence electrons. The first kappa shape index (κ1) is 20.8. The standard InChI is InChI=1S/C22H38N4/c1-5-26(6-2)16-10-11-19(3)25-21(23-4)24-18-22(14-15-22)17-20-12-8-7-9-13-20/h7-9,12-13,19H,5-6,10-11,14-18H2,1-4H3,(H2,23,24,25). The molecule has 1 unspecified atom stereocenters. The van der Waals surface area contributed by atoms with Crippen LogP contribution in [-0.4, -0.2) is 50.1 Å². The molecule has 1 aliphatic rings. The molecule has 0 saturated heterocycles. The summed E-state index contributed by atoms with van der Waals surface area (Å²) in [6.45, 7) is 11.2. The Bertz CT molecular complexity index is 532. The van der Waals surface area contributed by atoms with Crippen LogP contribution < -0.4 is 10.6 Å². The Hall–Kier alpha value is -1.55. The summed E-state index contributed by atoms with van der Waals surface area (Å²) in [6.07, 6.45) is 6.19. The highest BCUT2D eigenvalue weighted by molar-refractivity contribution is 5.80. The smallest absolute Gasteiger partial charge is 0.191 e. The van der Waals surface area contributed by atoms with Gasteiger partial charge in [-0.2, -0.15) is 0 Å². The van der Waals surface area contributed by atoms with Crippen LogP contribution in [0.3, 0.4) is 0 Å². The van der Waals surface area contributed by atoms with E-state index in [2.05, 4.69) is 71.6 Å². The van der Waals surface area contributed by atoms with Gasteiger partial charge in [0.2, 0.25) is 0 Å². The number of hydrogen-bond donors (Lipinski definition) is 2. The van der Waals surface area contributed by atoms with Gasteiger partial charge < -0.3 is 15.5 Å². The van der Waals surface area contributed by atoms with Crippen molar-refractivity contribution in [2.75, 3.05) is 33.2 Å². The molecular weight excluding hydrogens is 320 g/mol. The molecule has 0 spiro atoms. The van der Waals surface area contributed by atoms with Crippen LogP contribution in [0.1, 0.15) is 52.0 Å². The molecule has 0 aromatic heterocycles. The quantitative estimate of drug-likeness (QED) is 0.468. The summed E-state index contributed by atoms with van der Waals surface area (Å²) in [6, 6.07) is 11.3. The number of aliphatic imine (C=N–C) groups is 1. The fourth-order valence-corrected chi connectivity index (χ4v) is 3.55. The van der Waals surface area contributed by atoms with Crippen LogP contribution in [0.2, 0.25) is 0 Å². The molecule has 4 heteroatoms. The highest BCUT2D eigenvalue weighted by atomic mass is 15.2. The Balaban J connectivity index is 1.70. The van der Waals surface area contributed by atoms with Gasteiger partial charge in [0, 0.05) is 19.6 Å². The van der Waals surface area contributed by atoms with E-state index in [1.54, 1.807) is 0 Å². The Kier molecular flexibility index (Phi) is 8.43. The van der Waals surface area contributed by atoms with Crippen molar-refractivity contribution in [1.29, 1.82) is 0 Å². The fourth-order valence-electron chi connectivity index (χ4n) is 3.55. The average molecular weight is 359 g/mol. The zero-order valence-electron chi connectivity index (χ0n) is 17.2. The summed E-state index contributed by atoms with van der Waals surface area (Å²) in [5.41, 5.74) is 1.87. The molecule has 26 heavy (non-hydrogen) atoms. The molecule has 0 bridgehead atoms. The summed E-state index contributed by atoms with van der Waals surface area (Å²) in [4.78, 5) is 6.91. The summed E-state index contributed by atoms with van der Waals surface area (Å²) < 4.78 is 0. The Morgan fingerprint density at radius 1 is 1.19 bits per heavy atom. The lowest BCUT2D eigenvalue weighted by Crippen LogP contribution is -2.44. The second-order valence-corrected chi connectivity index (χ2v) is 7.80. The zero-order chi connectivity index (χ0) is 18.8. The molecule has 1 fully saturated rings. The molecule has 0 aliphatic heterocycles. The molecule has 1 aromatic carbocycles. The van der Waals surface area contributed by atoms with E-state index in [0.29, 0.717) is 11.5 Å². The molecule has 1 saturated carbocycles. The number of benzene rings is 1. The first-order valence-corrected chi connectivity index (χ1v) is 10.3. The van der Waals surface area contributed by atoms with Gasteiger partial charge in [0.25, 0.3) is 0 Å². The largest absolute Gasteiger partial charge is 0.356 e. The van der Waals surface area contributed by atoms with Gasteiger partial charge in [0.1, 0.15) is 0 Å². The van der Waals surface area contributed by atoms with Crippen LogP contribution >= 0.6 is 0 Å². The number of rotatable bonds is 11. The van der Waals surface area contributed by atoms with Crippen LogP contribution in [0.5, 0.6) is 0 Å². The first-order valence-electron chi connectivity index (χ1n) is 10.3. The van der Waals surface area contributed by atoms with Crippen molar-refractivity contribution < 1.29 is 0 Å². The summed E-state index contributed by atoms with van der Waals surface area (Å²) >= 11 is 0. The van der Waals surface area contributed by atoms with E-state index in [4.69, 9.17) is 0 Å². The summed E-state index contributed by atoms with van der Waals surface area (Å²) in [7, 11) is 1.87. The molecule has 2 rings (SSSR count). The third kappa shape index (κ3) is 6.99. The molecule has 1 aliphatic carbocycles. The topological polar surface area (TPSA) is 39.7 Å². The van der Waals surface area contributed by atoms with Crippen LogP contribution in [-0.2, 0) is 6.42 Å². The zero-order valence-corrected chi connectivity index (χ0v) is 17.2. The van der Waals surface area contributed by atoms with Crippen molar-refractivity contribution in [1.82, 2.24) is 15.5 Å². The van der Waals surface area contributed by atoms with E-state index in [1.807, 2.05) is 7.05 Å². The molecule has 2 N–H and O–H groups in total. The van der Waals surface area contributed by atoms with Crippen molar-refractivity contribution in [3.8, 4) is 0 Å². The molecule has 1 aromatic rings. The lowest BCUT2D eigenvalue weighted by molar-refractivity contribution is 0.292. The van der Waals surface area contributed by atoms with E-state index in [0.717, 1.165) is 32.0 Å². The maximum absolute atomic E-state index is 4.43. The molecule has 4 nitrogen and oxygen atoms in total. The monoisotopic (exact) mass is 358 g/mol. The minimum atomic E-state index is 0.422. The van der Waals surface area contributed by atoms with E-state index in [9.17, 15) is 0 Å². The maximum atomic E-state index is 4.43. The van der Waals surface area contributed by atoms with Gasteiger partial charge in [-0.15, -0.1) is 0 Å². The molecular formula is C22H38N4. The van der Waals surface area contributed by atoms with Crippen molar-refractivity contribution in [2.45, 2.75) is 58.9 Å². The van der Waals surface area contributed by atoms with Crippen molar-refractivity contribution in [3.63, 3.8) is 0 Å². The van der Waals surface area contributed by atoms with Crippen LogP contribution in [0.4, 0.5) is 0 Å². The normalized spacial score (nSPS) is 17.2. The predicted molar refractivity (Wildman–Crippen MR) is 113 cm³/mol. The maximum Gasteiger partial charge on any atom is 0.191 e. The van der Waals surface area contributed by atoms with Gasteiger partial charge in [-0.3, -0.25) is 4.99 Å². The number of hydrogen-bond acceptors (Lipinski definition) is 2. The highest BCUT2D eigenvalue weighted by Crippen LogP contribution is 2.47. The Morgan fingerprint density at radius 2 is 1.88 bits per heavy atom. The van der Waals surface area contributed by atoms with Gasteiger partial charge >= 0.3 is 0 Å². The highest BCUT2D eigenvalue weighted by Gasteiger charge is 2.42. The number of guanidine groups is 1. The summed E-state index contributed by atoms with van der Waals surface area (Å²) in [5, 5.41) is 7.13. The van der Waals surface area contributed by atoms with E-state index >= 15 is 0 Å². The SMILES string of the molecule is CCN(CC)CCCC(C)NC(=NC)NCC1(Cc2ccccc2)CC1. The van der Waals surface area contributed by atoms with E-state index in [-0.39, 0.29) is 0 Å². The first-order chi connectivity index (χ1) is 12.6. The van der Waals surface area contributed by atoms with Gasteiger partial charge in [0.05, 0.1) is 0 Å². The predicted octanol–water partition coefficient (Wildman–Crippen LogP) is 3.68. The molecule has 0 radical (unpaired) electrons. The second-order valence-electron chi connectivity index (χ2n) is 7.80. The lowest BCUT2D eigenvalue weighted by atomic mass is 9.96. The lowest BCUT2D eigenvalue weighted by Gasteiger charge is -2.23. The van der Waals surface area contributed by atoms with Crippen LogP contribution in [0, 0.1) is 5.41 Å². The fraction of sp³-hybridized carbons (Fsp3) is 0.682. The van der Waals surface area contributed by atoms with Crippen molar-refractivity contribution >= 4 is 5.96 Å². The molecule has 0 amide bonds. The van der Waals surface area contributed by atoms with Crippen LogP contribution in [0.25, 0.3) is 0 Å². The number of nitrogens with zero attached hydrogens (tertiary/aromatic N) is 2.